The zero-order valence-electron chi connectivity index (χ0n) is 17.0. The maximum absolute atomic E-state index is 12.2. The Bertz CT molecular complexity index is 1280. The predicted octanol–water partition coefficient (Wildman–Crippen LogP) is 3.36. The zero-order valence-corrected chi connectivity index (χ0v) is 17.8. The number of hydrogen-bond acceptors (Lipinski definition) is 7. The number of fused-ring (bicyclic) bond motifs is 1. The second-order valence-electron chi connectivity index (χ2n) is 6.87. The molecule has 2 aromatic heterocycles. The number of carbonyl (C=O) groups is 1. The summed E-state index contributed by atoms with van der Waals surface area (Å²) in [5, 5.41) is 7.66. The lowest BCUT2D eigenvalue weighted by Crippen LogP contribution is -2.20. The van der Waals surface area contributed by atoms with E-state index in [0.717, 1.165) is 10.6 Å². The fourth-order valence-corrected chi connectivity index (χ4v) is 3.59. The Morgan fingerprint density at radius 3 is 2.68 bits per heavy atom. The molecule has 0 fully saturated rings. The highest BCUT2D eigenvalue weighted by Crippen LogP contribution is 2.19. The molecule has 0 saturated heterocycles. The number of amides is 1. The molecular weight excluding hydrogens is 416 g/mol. The first-order valence-corrected chi connectivity index (χ1v) is 10.4. The van der Waals surface area contributed by atoms with Gasteiger partial charge in [-0.1, -0.05) is 35.1 Å². The molecule has 158 valence electrons. The van der Waals surface area contributed by atoms with Crippen molar-refractivity contribution >= 4 is 27.9 Å². The minimum Gasteiger partial charge on any atom is -0.487 e. The van der Waals surface area contributed by atoms with Crippen LogP contribution in [0.2, 0.25) is 0 Å². The summed E-state index contributed by atoms with van der Waals surface area (Å²) in [5.41, 5.74) is 1.96. The highest BCUT2D eigenvalue weighted by atomic mass is 32.1. The van der Waals surface area contributed by atoms with Gasteiger partial charge in [-0.15, -0.1) is 0 Å². The van der Waals surface area contributed by atoms with Gasteiger partial charge in [0.25, 0.3) is 11.5 Å². The molecule has 0 aliphatic heterocycles. The lowest BCUT2D eigenvalue weighted by molar-refractivity contribution is -0.118. The Hall–Kier alpha value is -3.72. The van der Waals surface area contributed by atoms with Gasteiger partial charge in [0.1, 0.15) is 23.1 Å². The fraction of sp³-hybridized carbons (Fsp3) is 0.182. The number of benzene rings is 2. The summed E-state index contributed by atoms with van der Waals surface area (Å²) in [6.07, 6.45) is 0. The average Bonchev–Trinajstić information content (AvgIpc) is 3.13. The number of anilines is 1. The van der Waals surface area contributed by atoms with Gasteiger partial charge in [-0.05, 0) is 38.1 Å². The summed E-state index contributed by atoms with van der Waals surface area (Å²) in [4.78, 5) is 29.2. The molecule has 0 spiro atoms. The average molecular weight is 436 g/mol. The third-order valence-electron chi connectivity index (χ3n) is 4.29. The van der Waals surface area contributed by atoms with Crippen LogP contribution in [0.5, 0.6) is 11.5 Å². The molecular formula is C22H20N4O4S. The molecule has 1 amide bonds. The van der Waals surface area contributed by atoms with Crippen molar-refractivity contribution in [3.63, 3.8) is 0 Å². The van der Waals surface area contributed by atoms with Crippen LogP contribution in [0.25, 0.3) is 4.96 Å². The van der Waals surface area contributed by atoms with Crippen LogP contribution in [0.1, 0.15) is 16.3 Å². The second kappa shape index (κ2) is 8.97. The van der Waals surface area contributed by atoms with Gasteiger partial charge in [0, 0.05) is 17.8 Å². The third kappa shape index (κ3) is 5.26. The SMILES string of the molecule is Cc1ccc(OCC(=O)Nc2cccc(OCc3cc(=O)n4nc(C)sc4n3)c2)cc1. The van der Waals surface area contributed by atoms with Gasteiger partial charge >= 0.3 is 0 Å². The summed E-state index contributed by atoms with van der Waals surface area (Å²) in [5.74, 6) is 0.896. The van der Waals surface area contributed by atoms with E-state index in [1.807, 2.05) is 38.1 Å². The summed E-state index contributed by atoms with van der Waals surface area (Å²) in [7, 11) is 0. The molecule has 0 atom stereocenters. The Kier molecular flexibility index (Phi) is 5.94. The van der Waals surface area contributed by atoms with Gasteiger partial charge in [-0.3, -0.25) is 9.59 Å². The normalized spacial score (nSPS) is 10.8. The van der Waals surface area contributed by atoms with Gasteiger partial charge in [-0.25, -0.2) is 4.98 Å². The van der Waals surface area contributed by atoms with Gasteiger partial charge < -0.3 is 14.8 Å². The molecule has 4 rings (SSSR count). The Morgan fingerprint density at radius 1 is 1.06 bits per heavy atom. The van der Waals surface area contributed by atoms with Crippen molar-refractivity contribution in [2.75, 3.05) is 11.9 Å². The molecule has 4 aromatic rings. The van der Waals surface area contributed by atoms with Crippen molar-refractivity contribution in [1.29, 1.82) is 0 Å². The van der Waals surface area contributed by atoms with Crippen LogP contribution in [0, 0.1) is 13.8 Å². The lowest BCUT2D eigenvalue weighted by atomic mass is 10.2. The first-order chi connectivity index (χ1) is 15.0. The van der Waals surface area contributed by atoms with E-state index in [1.165, 1.54) is 21.9 Å². The number of rotatable bonds is 7. The molecule has 8 nitrogen and oxygen atoms in total. The molecule has 0 radical (unpaired) electrons. The smallest absolute Gasteiger partial charge is 0.275 e. The van der Waals surface area contributed by atoms with Crippen LogP contribution in [-0.2, 0) is 11.4 Å². The molecule has 2 heterocycles. The van der Waals surface area contributed by atoms with Crippen molar-refractivity contribution in [1.82, 2.24) is 14.6 Å². The predicted molar refractivity (Wildman–Crippen MR) is 118 cm³/mol. The Labute approximate surface area is 182 Å². The molecule has 0 unspecified atom stereocenters. The van der Waals surface area contributed by atoms with E-state index >= 15 is 0 Å². The lowest BCUT2D eigenvalue weighted by Gasteiger charge is -2.10. The van der Waals surface area contributed by atoms with Crippen molar-refractivity contribution in [2.24, 2.45) is 0 Å². The Morgan fingerprint density at radius 2 is 1.87 bits per heavy atom. The molecule has 0 aliphatic carbocycles. The number of ether oxygens (including phenoxy) is 2. The van der Waals surface area contributed by atoms with Crippen LogP contribution >= 0.6 is 11.3 Å². The summed E-state index contributed by atoms with van der Waals surface area (Å²) < 4.78 is 12.5. The van der Waals surface area contributed by atoms with Gasteiger partial charge in [0.05, 0.1) is 5.69 Å². The van der Waals surface area contributed by atoms with Crippen LogP contribution in [0.4, 0.5) is 5.69 Å². The number of aromatic nitrogens is 3. The molecule has 1 N–H and O–H groups in total. The summed E-state index contributed by atoms with van der Waals surface area (Å²) >= 11 is 1.34. The monoisotopic (exact) mass is 436 g/mol. The number of nitrogens with zero attached hydrogens (tertiary/aromatic N) is 3. The number of carbonyl (C=O) groups excluding carboxylic acids is 1. The minimum absolute atomic E-state index is 0.101. The van der Waals surface area contributed by atoms with E-state index in [-0.39, 0.29) is 24.7 Å². The van der Waals surface area contributed by atoms with Gasteiger partial charge in [0.2, 0.25) is 4.96 Å². The molecule has 0 aliphatic rings. The van der Waals surface area contributed by atoms with Crippen molar-refractivity contribution in [3.05, 3.63) is 81.2 Å². The quantitative estimate of drug-likeness (QED) is 0.477. The molecule has 9 heteroatoms. The van der Waals surface area contributed by atoms with Gasteiger partial charge in [-0.2, -0.15) is 9.61 Å². The van der Waals surface area contributed by atoms with E-state index in [1.54, 1.807) is 24.3 Å². The topological polar surface area (TPSA) is 94.8 Å². The highest BCUT2D eigenvalue weighted by Gasteiger charge is 2.08. The van der Waals surface area contributed by atoms with Crippen LogP contribution in [0.15, 0.2) is 59.4 Å². The molecule has 0 saturated carbocycles. The fourth-order valence-electron chi connectivity index (χ4n) is 2.83. The highest BCUT2D eigenvalue weighted by molar-refractivity contribution is 7.16. The number of aryl methyl sites for hydroxylation is 2. The van der Waals surface area contributed by atoms with Crippen molar-refractivity contribution in [2.45, 2.75) is 20.5 Å². The largest absolute Gasteiger partial charge is 0.487 e. The van der Waals surface area contributed by atoms with E-state index < -0.39 is 0 Å². The zero-order chi connectivity index (χ0) is 21.8. The van der Waals surface area contributed by atoms with Crippen LogP contribution in [0.3, 0.4) is 0 Å². The second-order valence-corrected chi connectivity index (χ2v) is 8.03. The van der Waals surface area contributed by atoms with E-state index in [4.69, 9.17) is 9.47 Å². The molecule has 2 aromatic carbocycles. The number of hydrogen-bond donors (Lipinski definition) is 1. The maximum atomic E-state index is 12.2. The number of nitrogens with one attached hydrogen (secondary N) is 1. The first kappa shape index (κ1) is 20.5. The van der Waals surface area contributed by atoms with Crippen molar-refractivity contribution in [3.8, 4) is 11.5 Å². The maximum Gasteiger partial charge on any atom is 0.275 e. The van der Waals surface area contributed by atoms with Crippen molar-refractivity contribution < 1.29 is 14.3 Å². The molecule has 0 bridgehead atoms. The van der Waals surface area contributed by atoms with Crippen LogP contribution in [-0.4, -0.2) is 27.1 Å². The van der Waals surface area contributed by atoms with E-state index in [0.29, 0.717) is 27.8 Å². The summed E-state index contributed by atoms with van der Waals surface area (Å²) in [6.45, 7) is 3.83. The minimum atomic E-state index is -0.279. The molecule has 31 heavy (non-hydrogen) atoms. The first-order valence-electron chi connectivity index (χ1n) is 9.55. The Balaban J connectivity index is 1.35. The van der Waals surface area contributed by atoms with E-state index in [9.17, 15) is 9.59 Å². The summed E-state index contributed by atoms with van der Waals surface area (Å²) in [6, 6.07) is 15.9. The standard InChI is InChI=1S/C22H20N4O4S/c1-14-6-8-18(9-7-14)30-13-20(27)23-16-4-3-5-19(10-16)29-12-17-11-21(28)26-22(24-17)31-15(2)25-26/h3-11H,12-13H2,1-2H3,(H,23,27). The van der Waals surface area contributed by atoms with Crippen LogP contribution < -0.4 is 20.3 Å². The third-order valence-corrected chi connectivity index (χ3v) is 5.12. The van der Waals surface area contributed by atoms with E-state index in [2.05, 4.69) is 15.4 Å². The van der Waals surface area contributed by atoms with Gasteiger partial charge in [0.15, 0.2) is 6.61 Å².